The standard InChI is InChI=1S/C7H14BOP/c1-10(2,9)7-5-3-4-6-8/h3-4H,5-7H2,1-2H3/b4-3-. The van der Waals surface area contributed by atoms with Crippen molar-refractivity contribution in [2.24, 2.45) is 0 Å². The molecule has 0 amide bonds. The fourth-order valence-electron chi connectivity index (χ4n) is 0.600. The molecule has 0 rings (SSSR count). The molecule has 0 aromatic heterocycles. The molecule has 0 N–H and O–H groups in total. The minimum Gasteiger partial charge on any atom is -0.324 e. The van der Waals surface area contributed by atoms with E-state index < -0.39 is 7.14 Å². The average Bonchev–Trinajstić information content (AvgIpc) is 1.78. The van der Waals surface area contributed by atoms with Gasteiger partial charge in [-0.25, -0.2) is 0 Å². The van der Waals surface area contributed by atoms with Crippen LogP contribution >= 0.6 is 7.14 Å². The molecule has 0 aromatic carbocycles. The summed E-state index contributed by atoms with van der Waals surface area (Å²) < 4.78 is 11.1. The van der Waals surface area contributed by atoms with Crippen LogP contribution in [0.4, 0.5) is 0 Å². The zero-order chi connectivity index (χ0) is 8.04. The highest BCUT2D eigenvalue weighted by Crippen LogP contribution is 2.36. The van der Waals surface area contributed by atoms with Crippen LogP contribution in [0.1, 0.15) is 6.42 Å². The molecule has 0 fully saturated rings. The van der Waals surface area contributed by atoms with Crippen molar-refractivity contribution >= 4 is 15.0 Å². The maximum Gasteiger partial charge on any atom is 0.0822 e. The quantitative estimate of drug-likeness (QED) is 0.346. The van der Waals surface area contributed by atoms with E-state index >= 15 is 0 Å². The lowest BCUT2D eigenvalue weighted by Gasteiger charge is -2.01. The lowest BCUT2D eigenvalue weighted by Crippen LogP contribution is -1.82. The Labute approximate surface area is 64.7 Å². The molecule has 0 saturated carbocycles. The topological polar surface area (TPSA) is 17.1 Å². The Hall–Kier alpha value is 0.0349. The molecule has 3 heteroatoms. The van der Waals surface area contributed by atoms with Crippen molar-refractivity contribution in [3.05, 3.63) is 12.2 Å². The number of allylic oxidation sites excluding steroid dienone is 2. The highest BCUT2D eigenvalue weighted by Gasteiger charge is 2.03. The maximum atomic E-state index is 11.1. The van der Waals surface area contributed by atoms with Gasteiger partial charge in [0.15, 0.2) is 0 Å². The zero-order valence-corrected chi connectivity index (χ0v) is 7.60. The second-order valence-electron chi connectivity index (χ2n) is 2.79. The normalized spacial score (nSPS) is 12.6. The first-order chi connectivity index (χ1) is 4.56. The second kappa shape index (κ2) is 4.79. The van der Waals surface area contributed by atoms with Gasteiger partial charge in [-0.1, -0.05) is 18.5 Å². The van der Waals surface area contributed by atoms with Crippen LogP contribution in [0.15, 0.2) is 12.2 Å². The van der Waals surface area contributed by atoms with Crippen LogP contribution in [-0.2, 0) is 4.57 Å². The van der Waals surface area contributed by atoms with Crippen molar-refractivity contribution in [3.8, 4) is 0 Å². The molecular weight excluding hydrogens is 142 g/mol. The van der Waals surface area contributed by atoms with Gasteiger partial charge in [-0.15, -0.1) is 0 Å². The largest absolute Gasteiger partial charge is 0.324 e. The summed E-state index contributed by atoms with van der Waals surface area (Å²) in [5.41, 5.74) is 0. The van der Waals surface area contributed by atoms with E-state index in [1.807, 2.05) is 25.5 Å². The van der Waals surface area contributed by atoms with Gasteiger partial charge in [-0.3, -0.25) is 0 Å². The van der Waals surface area contributed by atoms with Crippen molar-refractivity contribution in [2.45, 2.75) is 12.7 Å². The molecule has 0 atom stereocenters. The number of rotatable bonds is 4. The first kappa shape index (κ1) is 10.0. The van der Waals surface area contributed by atoms with Gasteiger partial charge >= 0.3 is 0 Å². The fraction of sp³-hybridized carbons (Fsp3) is 0.714. The van der Waals surface area contributed by atoms with E-state index in [0.29, 0.717) is 6.32 Å². The Bertz CT molecular complexity index is 148. The Balaban J connectivity index is 3.38. The summed E-state index contributed by atoms with van der Waals surface area (Å²) in [6.07, 6.45) is 6.15. The molecule has 0 aromatic rings. The number of hydrogen-bond acceptors (Lipinski definition) is 1. The molecular formula is C7H14BOP. The van der Waals surface area contributed by atoms with Gasteiger partial charge in [0.1, 0.15) is 0 Å². The third-order valence-electron chi connectivity index (χ3n) is 1.14. The minimum atomic E-state index is -1.80. The first-order valence-corrected chi connectivity index (χ1v) is 6.24. The third kappa shape index (κ3) is 8.03. The van der Waals surface area contributed by atoms with Gasteiger partial charge in [-0.05, 0) is 19.8 Å². The van der Waals surface area contributed by atoms with Crippen LogP contribution in [0.25, 0.3) is 0 Å². The lowest BCUT2D eigenvalue weighted by atomic mass is 10.1. The molecule has 2 radical (unpaired) electrons. The molecule has 0 saturated heterocycles. The summed E-state index contributed by atoms with van der Waals surface area (Å²) in [5, 5.41) is 0. The van der Waals surface area contributed by atoms with Crippen LogP contribution < -0.4 is 0 Å². The number of hydrogen-bond donors (Lipinski definition) is 0. The van der Waals surface area contributed by atoms with Crippen molar-refractivity contribution < 1.29 is 4.57 Å². The second-order valence-corrected chi connectivity index (χ2v) is 6.39. The van der Waals surface area contributed by atoms with Crippen LogP contribution in [0, 0.1) is 0 Å². The van der Waals surface area contributed by atoms with Crippen molar-refractivity contribution in [2.75, 3.05) is 19.5 Å². The van der Waals surface area contributed by atoms with Gasteiger partial charge in [-0.2, -0.15) is 0 Å². The van der Waals surface area contributed by atoms with E-state index in [1.165, 1.54) is 0 Å². The van der Waals surface area contributed by atoms with Gasteiger partial charge in [0.05, 0.1) is 15.0 Å². The summed E-state index contributed by atoms with van der Waals surface area (Å²) in [7, 11) is 3.42. The van der Waals surface area contributed by atoms with Crippen LogP contribution in [0.3, 0.4) is 0 Å². The summed E-state index contributed by atoms with van der Waals surface area (Å²) >= 11 is 0. The lowest BCUT2D eigenvalue weighted by molar-refractivity contribution is 0.582. The van der Waals surface area contributed by atoms with Crippen molar-refractivity contribution in [1.82, 2.24) is 0 Å². The Kier molecular flexibility index (Phi) is 4.81. The molecule has 0 aliphatic carbocycles. The van der Waals surface area contributed by atoms with Gasteiger partial charge in [0.2, 0.25) is 0 Å². The highest BCUT2D eigenvalue weighted by molar-refractivity contribution is 7.62. The molecule has 0 bridgehead atoms. The van der Waals surface area contributed by atoms with E-state index in [1.54, 1.807) is 0 Å². The SMILES string of the molecule is [B]C/C=C\CCP(C)(C)=O. The predicted octanol–water partition coefficient (Wildman–Crippen LogP) is 2.14. The van der Waals surface area contributed by atoms with E-state index in [4.69, 9.17) is 7.85 Å². The smallest absolute Gasteiger partial charge is 0.0822 e. The Morgan fingerprint density at radius 1 is 1.40 bits per heavy atom. The van der Waals surface area contributed by atoms with Crippen LogP contribution in [0.2, 0.25) is 6.32 Å². The monoisotopic (exact) mass is 156 g/mol. The zero-order valence-electron chi connectivity index (χ0n) is 6.71. The van der Waals surface area contributed by atoms with Crippen LogP contribution in [0.5, 0.6) is 0 Å². The summed E-state index contributed by atoms with van der Waals surface area (Å²) in [6, 6.07) is 0. The summed E-state index contributed by atoms with van der Waals surface area (Å²) in [6.45, 7) is 3.62. The minimum absolute atomic E-state index is 0.581. The molecule has 0 spiro atoms. The average molecular weight is 156 g/mol. The van der Waals surface area contributed by atoms with E-state index in [2.05, 4.69) is 0 Å². The Morgan fingerprint density at radius 3 is 2.40 bits per heavy atom. The van der Waals surface area contributed by atoms with E-state index in [0.717, 1.165) is 12.6 Å². The van der Waals surface area contributed by atoms with Crippen molar-refractivity contribution in [1.29, 1.82) is 0 Å². The van der Waals surface area contributed by atoms with E-state index in [-0.39, 0.29) is 0 Å². The molecule has 0 heterocycles. The summed E-state index contributed by atoms with van der Waals surface area (Å²) in [5.74, 6) is 0. The first-order valence-electron chi connectivity index (χ1n) is 3.45. The van der Waals surface area contributed by atoms with E-state index in [9.17, 15) is 4.57 Å². The molecule has 0 aliphatic rings. The van der Waals surface area contributed by atoms with Gasteiger partial charge in [0, 0.05) is 6.16 Å². The molecule has 56 valence electrons. The molecule has 1 nitrogen and oxygen atoms in total. The van der Waals surface area contributed by atoms with Crippen LogP contribution in [-0.4, -0.2) is 27.3 Å². The van der Waals surface area contributed by atoms with Gasteiger partial charge in [0.25, 0.3) is 0 Å². The fourth-order valence-corrected chi connectivity index (χ4v) is 1.37. The maximum absolute atomic E-state index is 11.1. The predicted molar refractivity (Wildman–Crippen MR) is 48.6 cm³/mol. The van der Waals surface area contributed by atoms with Crippen molar-refractivity contribution in [3.63, 3.8) is 0 Å². The molecule has 10 heavy (non-hydrogen) atoms. The summed E-state index contributed by atoms with van der Waals surface area (Å²) in [4.78, 5) is 0. The van der Waals surface area contributed by atoms with Gasteiger partial charge < -0.3 is 4.57 Å². The Morgan fingerprint density at radius 2 is 2.00 bits per heavy atom. The molecule has 0 unspecified atom stereocenters. The molecule has 0 aliphatic heterocycles. The third-order valence-corrected chi connectivity index (χ3v) is 2.47. The highest BCUT2D eigenvalue weighted by atomic mass is 31.2.